The summed E-state index contributed by atoms with van der Waals surface area (Å²) >= 11 is 0. The molecule has 0 spiro atoms. The number of anilines is 2. The summed E-state index contributed by atoms with van der Waals surface area (Å²) in [7, 11) is 0. The molecule has 35 heavy (non-hydrogen) atoms. The lowest BCUT2D eigenvalue weighted by atomic mass is 10.1. The lowest BCUT2D eigenvalue weighted by Crippen LogP contribution is -2.28. The number of hydrogen-bond donors (Lipinski definition) is 2. The normalized spacial score (nSPS) is 15.5. The number of rotatable bonds is 5. The Labute approximate surface area is 195 Å². The summed E-state index contributed by atoms with van der Waals surface area (Å²) in [5.41, 5.74) is 0.176. The van der Waals surface area contributed by atoms with Crippen LogP contribution in [-0.4, -0.2) is 43.0 Å². The number of aromatic amines is 1. The molecule has 0 aliphatic carbocycles. The lowest BCUT2D eigenvalue weighted by molar-refractivity contribution is -0.387. The quantitative estimate of drug-likeness (QED) is 0.329. The zero-order valence-corrected chi connectivity index (χ0v) is 17.8. The van der Waals surface area contributed by atoms with Crippen LogP contribution >= 0.6 is 0 Å². The first-order valence-corrected chi connectivity index (χ1v) is 10.4. The van der Waals surface area contributed by atoms with E-state index in [9.17, 15) is 28.9 Å². The summed E-state index contributed by atoms with van der Waals surface area (Å²) in [5, 5.41) is 18.3. The molecule has 1 atom stereocenters. The van der Waals surface area contributed by atoms with Crippen LogP contribution < -0.4 is 15.8 Å². The molecule has 2 amide bonds. The fourth-order valence-electron chi connectivity index (χ4n) is 3.97. The molecule has 2 N–H and O–H groups in total. The van der Waals surface area contributed by atoms with Gasteiger partial charge in [-0.2, -0.15) is 9.49 Å². The maximum Gasteiger partial charge on any atom is 0.306 e. The molecule has 1 unspecified atom stereocenters. The highest BCUT2D eigenvalue weighted by Gasteiger charge is 2.36. The Kier molecular flexibility index (Phi) is 5.28. The van der Waals surface area contributed by atoms with Crippen LogP contribution in [-0.2, 0) is 9.59 Å². The van der Waals surface area contributed by atoms with Gasteiger partial charge in [0.2, 0.25) is 17.6 Å². The molecule has 2 aromatic heterocycles. The number of nitro benzene ring substituents is 1. The Balaban J connectivity index is 1.39. The molecule has 1 aliphatic heterocycles. The van der Waals surface area contributed by atoms with Gasteiger partial charge in [-0.1, -0.05) is 12.1 Å². The Morgan fingerprint density at radius 3 is 2.83 bits per heavy atom. The molecule has 0 radical (unpaired) electrons. The predicted octanol–water partition coefficient (Wildman–Crippen LogP) is 2.15. The van der Waals surface area contributed by atoms with Crippen LogP contribution in [0.2, 0.25) is 0 Å². The van der Waals surface area contributed by atoms with E-state index >= 15 is 0 Å². The van der Waals surface area contributed by atoms with Gasteiger partial charge in [-0.3, -0.25) is 24.5 Å². The minimum Gasteiger partial charge on any atom is -0.324 e. The van der Waals surface area contributed by atoms with Gasteiger partial charge in [-0.15, -0.1) is 0 Å². The number of amides is 2. The first-order chi connectivity index (χ1) is 16.8. The summed E-state index contributed by atoms with van der Waals surface area (Å²) in [6.45, 7) is -0.0305. The maximum atomic E-state index is 13.7. The second-order valence-corrected chi connectivity index (χ2v) is 7.83. The van der Waals surface area contributed by atoms with Gasteiger partial charge in [0.25, 0.3) is 5.56 Å². The molecular formula is C22H16FN7O5. The average molecular weight is 477 g/mol. The number of carbonyl (C=O) groups excluding carboxylic acids is 2. The molecular weight excluding hydrogens is 461 g/mol. The van der Waals surface area contributed by atoms with Crippen LogP contribution in [0.4, 0.5) is 21.5 Å². The van der Waals surface area contributed by atoms with E-state index in [0.717, 1.165) is 12.1 Å². The number of hydrogen-bond acceptors (Lipinski definition) is 7. The van der Waals surface area contributed by atoms with Gasteiger partial charge in [0, 0.05) is 19.0 Å². The van der Waals surface area contributed by atoms with Crippen LogP contribution in [0.25, 0.3) is 16.7 Å². The van der Waals surface area contributed by atoms with E-state index in [0.29, 0.717) is 17.0 Å². The standard InChI is InChI=1S/C22H16FN7O5/c23-15-6-5-13(8-18(15)30(34)35)28-10-12(7-19(28)31)21(32)27-16-3-1-2-4-17(16)29-20-14(9-26-29)22(33)25-11-24-20/h1-6,8-9,11-12H,7,10H2,(H,27,32)(H,24,25,33). The zero-order chi connectivity index (χ0) is 24.7. The second kappa shape index (κ2) is 8.44. The summed E-state index contributed by atoms with van der Waals surface area (Å²) in [6, 6.07) is 9.91. The van der Waals surface area contributed by atoms with E-state index in [4.69, 9.17) is 0 Å². The smallest absolute Gasteiger partial charge is 0.306 e. The number of nitro groups is 1. The highest BCUT2D eigenvalue weighted by molar-refractivity contribution is 6.04. The molecule has 3 heterocycles. The van der Waals surface area contributed by atoms with E-state index in [1.807, 2.05) is 0 Å². The molecule has 2 aromatic carbocycles. The number of halogens is 1. The predicted molar refractivity (Wildman–Crippen MR) is 122 cm³/mol. The third-order valence-electron chi connectivity index (χ3n) is 5.69. The van der Waals surface area contributed by atoms with Crippen molar-refractivity contribution in [2.24, 2.45) is 5.92 Å². The van der Waals surface area contributed by atoms with Gasteiger partial charge in [-0.25, -0.2) is 9.67 Å². The largest absolute Gasteiger partial charge is 0.324 e. The minimum atomic E-state index is -1.01. The molecule has 13 heteroatoms. The lowest BCUT2D eigenvalue weighted by Gasteiger charge is -2.17. The minimum absolute atomic E-state index is 0.0305. The van der Waals surface area contributed by atoms with E-state index in [-0.39, 0.29) is 29.6 Å². The molecule has 0 bridgehead atoms. The van der Waals surface area contributed by atoms with Gasteiger partial charge < -0.3 is 15.2 Å². The third kappa shape index (κ3) is 3.88. The van der Waals surface area contributed by atoms with Crippen LogP contribution in [0.15, 0.2) is 59.8 Å². The van der Waals surface area contributed by atoms with Crippen molar-refractivity contribution in [3.05, 3.63) is 81.3 Å². The molecule has 1 saturated heterocycles. The Bertz CT molecular complexity index is 1560. The molecule has 0 saturated carbocycles. The number of fused-ring (bicyclic) bond motifs is 1. The number of para-hydroxylation sites is 2. The summed E-state index contributed by atoms with van der Waals surface area (Å²) in [6.07, 6.45) is 2.50. The van der Waals surface area contributed by atoms with Crippen LogP contribution in [0.5, 0.6) is 0 Å². The van der Waals surface area contributed by atoms with Crippen molar-refractivity contribution in [2.45, 2.75) is 6.42 Å². The number of aromatic nitrogens is 4. The number of nitrogens with one attached hydrogen (secondary N) is 2. The van der Waals surface area contributed by atoms with Gasteiger partial charge in [0.1, 0.15) is 5.39 Å². The fourth-order valence-corrected chi connectivity index (χ4v) is 3.97. The van der Waals surface area contributed by atoms with Crippen LogP contribution in [0.3, 0.4) is 0 Å². The van der Waals surface area contributed by atoms with Crippen molar-refractivity contribution >= 4 is 39.9 Å². The molecule has 1 fully saturated rings. The first-order valence-electron chi connectivity index (χ1n) is 10.4. The van der Waals surface area contributed by atoms with Crippen LogP contribution in [0, 0.1) is 21.8 Å². The Morgan fingerprint density at radius 2 is 2.03 bits per heavy atom. The topological polar surface area (TPSA) is 156 Å². The van der Waals surface area contributed by atoms with E-state index in [2.05, 4.69) is 20.4 Å². The maximum absolute atomic E-state index is 13.7. The molecule has 5 rings (SSSR count). The van der Waals surface area contributed by atoms with Crippen molar-refractivity contribution in [1.29, 1.82) is 0 Å². The first kappa shape index (κ1) is 21.9. The van der Waals surface area contributed by atoms with E-state index < -0.39 is 34.2 Å². The monoisotopic (exact) mass is 477 g/mol. The van der Waals surface area contributed by atoms with Gasteiger partial charge in [-0.05, 0) is 24.3 Å². The van der Waals surface area contributed by atoms with Gasteiger partial charge >= 0.3 is 5.69 Å². The SMILES string of the molecule is O=C(Nc1ccccc1-n1ncc2c(=O)[nH]cnc21)C1CC(=O)N(c2ccc(F)c([N+](=O)[O-])c2)C1. The summed E-state index contributed by atoms with van der Waals surface area (Å²) in [5.74, 6) is -2.64. The van der Waals surface area contributed by atoms with Gasteiger partial charge in [0.05, 0.1) is 40.4 Å². The van der Waals surface area contributed by atoms with Crippen molar-refractivity contribution in [3.63, 3.8) is 0 Å². The van der Waals surface area contributed by atoms with E-state index in [1.54, 1.807) is 24.3 Å². The molecule has 1 aliphatic rings. The third-order valence-corrected chi connectivity index (χ3v) is 5.69. The van der Waals surface area contributed by atoms with Crippen molar-refractivity contribution in [2.75, 3.05) is 16.8 Å². The second-order valence-electron chi connectivity index (χ2n) is 7.83. The average Bonchev–Trinajstić information content (AvgIpc) is 3.44. The Hall–Kier alpha value is -4.94. The number of H-pyrrole nitrogens is 1. The number of carbonyl (C=O) groups is 2. The molecule has 176 valence electrons. The van der Waals surface area contributed by atoms with E-state index in [1.165, 1.54) is 28.2 Å². The highest BCUT2D eigenvalue weighted by atomic mass is 19.1. The van der Waals surface area contributed by atoms with Gasteiger partial charge in [0.15, 0.2) is 5.65 Å². The van der Waals surface area contributed by atoms with Crippen molar-refractivity contribution < 1.29 is 18.9 Å². The highest BCUT2D eigenvalue weighted by Crippen LogP contribution is 2.31. The van der Waals surface area contributed by atoms with Crippen molar-refractivity contribution in [3.8, 4) is 5.69 Å². The summed E-state index contributed by atoms with van der Waals surface area (Å²) < 4.78 is 15.1. The number of benzene rings is 2. The zero-order valence-electron chi connectivity index (χ0n) is 17.8. The number of nitrogens with zero attached hydrogens (tertiary/aromatic N) is 5. The molecule has 4 aromatic rings. The van der Waals surface area contributed by atoms with Crippen molar-refractivity contribution in [1.82, 2.24) is 19.7 Å². The molecule has 12 nitrogen and oxygen atoms in total. The van der Waals surface area contributed by atoms with Crippen LogP contribution in [0.1, 0.15) is 6.42 Å². The fraction of sp³-hybridized carbons (Fsp3) is 0.136. The summed E-state index contributed by atoms with van der Waals surface area (Å²) in [4.78, 5) is 55.6. The Morgan fingerprint density at radius 1 is 1.23 bits per heavy atom.